The van der Waals surface area contributed by atoms with Crippen LogP contribution >= 0.6 is 12.2 Å². The van der Waals surface area contributed by atoms with Crippen molar-refractivity contribution in [2.24, 2.45) is 0 Å². The molecule has 0 atom stereocenters. The monoisotopic (exact) mass is 358 g/mol. The molecular weight excluding hydrogens is 347 g/mol. The molecule has 0 bridgehead atoms. The summed E-state index contributed by atoms with van der Waals surface area (Å²) in [6, 6.07) is 13.6. The third kappa shape index (κ3) is 6.02. The molecule has 2 N–H and O–H groups in total. The topological polar surface area (TPSA) is 98.3 Å². The minimum absolute atomic E-state index is 0. The number of anilines is 1. The second kappa shape index (κ2) is 8.53. The molecule has 0 aliphatic heterocycles. The molecule has 1 amide bonds. The summed E-state index contributed by atoms with van der Waals surface area (Å²) >= 11 is 5.00. The van der Waals surface area contributed by atoms with Gasteiger partial charge in [-0.05, 0) is 48.6 Å². The molecule has 2 rings (SSSR count). The Bertz CT molecular complexity index is 793. The number of thiocarbonyl (C=S) groups is 1. The number of rotatable bonds is 3. The predicted octanol–water partition coefficient (Wildman–Crippen LogP) is -1.28. The van der Waals surface area contributed by atoms with Crippen molar-refractivity contribution in [2.45, 2.75) is 4.90 Å². The quantitative estimate of drug-likeness (QED) is 0.403. The first-order valence-electron chi connectivity index (χ1n) is 6.09. The Balaban J connectivity index is 0.00000264. The standard InChI is InChI=1S/C14H12N2O4S2.Na/c17-13(10-4-2-1-3-5-10)16-14(21)15-11-6-8-12(9-7-11)22(18,19)20;/h1-9H,(H,18,19,20)(H2,15,16,17,21);/q;+1/p-1. The van der Waals surface area contributed by atoms with Crippen LogP contribution in [0, 0.1) is 0 Å². The summed E-state index contributed by atoms with van der Waals surface area (Å²) in [5.74, 6) is -0.364. The zero-order valence-electron chi connectivity index (χ0n) is 12.1. The smallest absolute Gasteiger partial charge is 0.744 e. The number of nitrogens with one attached hydrogen (secondary N) is 2. The molecule has 0 aliphatic rings. The van der Waals surface area contributed by atoms with Gasteiger partial charge in [-0.1, -0.05) is 18.2 Å². The van der Waals surface area contributed by atoms with E-state index in [1.54, 1.807) is 30.3 Å². The van der Waals surface area contributed by atoms with Gasteiger partial charge in [0.25, 0.3) is 5.91 Å². The van der Waals surface area contributed by atoms with Gasteiger partial charge in [0.2, 0.25) is 0 Å². The first kappa shape index (κ1) is 19.8. The van der Waals surface area contributed by atoms with Crippen LogP contribution in [0.2, 0.25) is 0 Å². The number of hydrogen-bond donors (Lipinski definition) is 2. The van der Waals surface area contributed by atoms with Crippen molar-refractivity contribution >= 4 is 39.0 Å². The zero-order valence-corrected chi connectivity index (χ0v) is 15.8. The largest absolute Gasteiger partial charge is 1.00 e. The van der Waals surface area contributed by atoms with Gasteiger partial charge in [0.05, 0.1) is 4.90 Å². The van der Waals surface area contributed by atoms with Crippen molar-refractivity contribution in [1.29, 1.82) is 0 Å². The Hall–Kier alpha value is -1.29. The Morgan fingerprint density at radius 3 is 2.09 bits per heavy atom. The van der Waals surface area contributed by atoms with E-state index in [9.17, 15) is 17.8 Å². The van der Waals surface area contributed by atoms with E-state index in [-0.39, 0.29) is 45.5 Å². The average Bonchev–Trinajstić information content (AvgIpc) is 2.47. The predicted molar refractivity (Wildman–Crippen MR) is 84.5 cm³/mol. The van der Waals surface area contributed by atoms with Gasteiger partial charge in [0.1, 0.15) is 10.1 Å². The molecule has 0 unspecified atom stereocenters. The molecule has 0 radical (unpaired) electrons. The molecular formula is C14H11N2NaO4S2. The summed E-state index contributed by atoms with van der Waals surface area (Å²) in [6.07, 6.45) is 0. The number of carbonyl (C=O) groups is 1. The van der Waals surface area contributed by atoms with Gasteiger partial charge < -0.3 is 9.87 Å². The molecule has 23 heavy (non-hydrogen) atoms. The van der Waals surface area contributed by atoms with Crippen LogP contribution in [0.4, 0.5) is 5.69 Å². The van der Waals surface area contributed by atoms with Crippen molar-refractivity contribution in [3.05, 3.63) is 60.2 Å². The maximum Gasteiger partial charge on any atom is 1.00 e. The third-order valence-corrected chi connectivity index (χ3v) is 3.72. The minimum atomic E-state index is -4.48. The Kier molecular flexibility index (Phi) is 7.33. The van der Waals surface area contributed by atoms with Crippen molar-refractivity contribution in [3.8, 4) is 0 Å². The Morgan fingerprint density at radius 2 is 1.57 bits per heavy atom. The minimum Gasteiger partial charge on any atom is -0.744 e. The van der Waals surface area contributed by atoms with E-state index in [1.807, 2.05) is 0 Å². The van der Waals surface area contributed by atoms with Crippen LogP contribution in [-0.4, -0.2) is 24.0 Å². The molecule has 9 heteroatoms. The molecule has 0 aliphatic carbocycles. The summed E-state index contributed by atoms with van der Waals surface area (Å²) in [5.41, 5.74) is 0.908. The Labute approximate surface area is 161 Å². The molecule has 2 aromatic carbocycles. The van der Waals surface area contributed by atoms with E-state index in [4.69, 9.17) is 12.2 Å². The van der Waals surface area contributed by atoms with Crippen molar-refractivity contribution in [1.82, 2.24) is 5.32 Å². The summed E-state index contributed by atoms with van der Waals surface area (Å²) in [4.78, 5) is 11.5. The van der Waals surface area contributed by atoms with Gasteiger partial charge in [0.15, 0.2) is 5.11 Å². The second-order valence-corrected chi connectivity index (χ2v) is 6.04. The Morgan fingerprint density at radius 1 is 1.00 bits per heavy atom. The third-order valence-electron chi connectivity index (χ3n) is 2.66. The van der Waals surface area contributed by atoms with E-state index < -0.39 is 10.1 Å². The first-order chi connectivity index (χ1) is 10.4. The summed E-state index contributed by atoms with van der Waals surface area (Å²) < 4.78 is 32.4. The fourth-order valence-corrected chi connectivity index (χ4v) is 2.31. The maximum atomic E-state index is 11.9. The van der Waals surface area contributed by atoms with Gasteiger partial charge in [-0.3, -0.25) is 10.1 Å². The zero-order chi connectivity index (χ0) is 16.2. The SMILES string of the molecule is O=C(NC(=S)Nc1ccc(S(=O)(=O)[O-])cc1)c1ccccc1.[Na+]. The summed E-state index contributed by atoms with van der Waals surface area (Å²) in [5, 5.41) is 5.28. The van der Waals surface area contributed by atoms with Crippen LogP contribution in [0.5, 0.6) is 0 Å². The molecule has 0 saturated heterocycles. The van der Waals surface area contributed by atoms with Crippen molar-refractivity contribution < 1.29 is 47.3 Å². The number of hydrogen-bond acceptors (Lipinski definition) is 5. The van der Waals surface area contributed by atoms with E-state index >= 15 is 0 Å². The van der Waals surface area contributed by atoms with Crippen molar-refractivity contribution in [3.63, 3.8) is 0 Å². The van der Waals surface area contributed by atoms with E-state index in [2.05, 4.69) is 10.6 Å². The molecule has 0 spiro atoms. The second-order valence-electron chi connectivity index (χ2n) is 4.25. The van der Waals surface area contributed by atoms with Gasteiger partial charge in [-0.15, -0.1) is 0 Å². The number of carbonyl (C=O) groups excluding carboxylic acids is 1. The van der Waals surface area contributed by atoms with Gasteiger partial charge in [0, 0.05) is 11.3 Å². The van der Waals surface area contributed by atoms with Crippen LogP contribution in [0.25, 0.3) is 0 Å². The van der Waals surface area contributed by atoms with Gasteiger partial charge in [-0.2, -0.15) is 0 Å². The van der Waals surface area contributed by atoms with Crippen LogP contribution in [0.3, 0.4) is 0 Å². The van der Waals surface area contributed by atoms with Gasteiger partial charge >= 0.3 is 29.6 Å². The van der Waals surface area contributed by atoms with Crippen LogP contribution in [-0.2, 0) is 10.1 Å². The normalized spacial score (nSPS) is 10.3. The van der Waals surface area contributed by atoms with Crippen molar-refractivity contribution in [2.75, 3.05) is 5.32 Å². The van der Waals surface area contributed by atoms with Crippen LogP contribution in [0.1, 0.15) is 10.4 Å². The maximum absolute atomic E-state index is 11.9. The molecule has 2 aromatic rings. The molecule has 6 nitrogen and oxygen atoms in total. The average molecular weight is 358 g/mol. The van der Waals surface area contributed by atoms with Crippen LogP contribution in [0.15, 0.2) is 59.5 Å². The van der Waals surface area contributed by atoms with Crippen LogP contribution < -0.4 is 40.2 Å². The van der Waals surface area contributed by atoms with Gasteiger partial charge in [-0.25, -0.2) is 8.42 Å². The van der Waals surface area contributed by atoms with E-state index in [0.29, 0.717) is 11.3 Å². The fraction of sp³-hybridized carbons (Fsp3) is 0. The fourth-order valence-electron chi connectivity index (χ4n) is 1.63. The first-order valence-corrected chi connectivity index (χ1v) is 7.91. The molecule has 0 fully saturated rings. The van der Waals surface area contributed by atoms with E-state index in [0.717, 1.165) is 12.1 Å². The molecule has 0 saturated carbocycles. The van der Waals surface area contributed by atoms with E-state index in [1.165, 1.54) is 12.1 Å². The molecule has 114 valence electrons. The molecule has 0 aromatic heterocycles. The number of benzene rings is 2. The summed E-state index contributed by atoms with van der Waals surface area (Å²) in [7, 11) is -4.48. The summed E-state index contributed by atoms with van der Waals surface area (Å²) in [6.45, 7) is 0. The molecule has 0 heterocycles. The number of amides is 1.